The van der Waals surface area contributed by atoms with Gasteiger partial charge < -0.3 is 15.8 Å². The molecule has 0 fully saturated rings. The molecule has 17 heavy (non-hydrogen) atoms. The Balaban J connectivity index is 4.90. The van der Waals surface area contributed by atoms with Gasteiger partial charge in [0.1, 0.15) is 5.54 Å². The van der Waals surface area contributed by atoms with Crippen molar-refractivity contribution in [3.63, 3.8) is 0 Å². The van der Waals surface area contributed by atoms with Crippen molar-refractivity contribution in [2.24, 2.45) is 17.6 Å². The summed E-state index contributed by atoms with van der Waals surface area (Å²) in [5, 5.41) is 2.69. The first-order valence-electron chi connectivity index (χ1n) is 5.82. The molecule has 100 valence electrons. The highest BCUT2D eigenvalue weighted by Crippen LogP contribution is 2.18. The number of amides is 1. The molecule has 3 N–H and O–H groups in total. The zero-order chi connectivity index (χ0) is 13.8. The van der Waals surface area contributed by atoms with Gasteiger partial charge in [0, 0.05) is 0 Å². The molecule has 5 heteroatoms. The van der Waals surface area contributed by atoms with E-state index in [2.05, 4.69) is 5.32 Å². The first-order chi connectivity index (χ1) is 7.66. The fraction of sp³-hybridized carbons (Fsp3) is 0.833. The molecule has 1 unspecified atom stereocenters. The van der Waals surface area contributed by atoms with Crippen LogP contribution in [0.25, 0.3) is 0 Å². The summed E-state index contributed by atoms with van der Waals surface area (Å²) in [6.07, 6.45) is 0. The number of hydrogen-bond donors (Lipinski definition) is 2. The number of esters is 1. The van der Waals surface area contributed by atoms with E-state index in [-0.39, 0.29) is 17.7 Å². The lowest BCUT2D eigenvalue weighted by molar-refractivity contribution is -0.152. The van der Waals surface area contributed by atoms with Gasteiger partial charge in [0.25, 0.3) is 0 Å². The molecule has 0 radical (unpaired) electrons. The first-order valence-corrected chi connectivity index (χ1v) is 5.82. The van der Waals surface area contributed by atoms with E-state index in [9.17, 15) is 9.59 Å². The molecule has 0 aromatic carbocycles. The molecule has 5 nitrogen and oxygen atoms in total. The molecule has 2 atom stereocenters. The standard InChI is InChI=1S/C12H24N2O3/c1-7(2)9(13)10(15)14-12(5,8(3)4)11(16)17-6/h7-9H,13H2,1-6H3,(H,14,15)/t9?,12-/m0/s1. The van der Waals surface area contributed by atoms with E-state index in [0.29, 0.717) is 0 Å². The number of nitrogens with one attached hydrogen (secondary N) is 1. The maximum Gasteiger partial charge on any atom is 0.331 e. The van der Waals surface area contributed by atoms with Crippen molar-refractivity contribution in [3.05, 3.63) is 0 Å². The highest BCUT2D eigenvalue weighted by atomic mass is 16.5. The highest BCUT2D eigenvalue weighted by molar-refractivity contribution is 5.90. The van der Waals surface area contributed by atoms with Gasteiger partial charge in [0.15, 0.2) is 0 Å². The molecule has 0 rings (SSSR count). The van der Waals surface area contributed by atoms with Gasteiger partial charge >= 0.3 is 5.97 Å². The fourth-order valence-electron chi connectivity index (χ4n) is 1.29. The van der Waals surface area contributed by atoms with Gasteiger partial charge in [-0.05, 0) is 18.8 Å². The second kappa shape index (κ2) is 6.00. The molecule has 0 saturated carbocycles. The van der Waals surface area contributed by atoms with Crippen LogP contribution in [0.4, 0.5) is 0 Å². The van der Waals surface area contributed by atoms with Crippen LogP contribution in [0.3, 0.4) is 0 Å². The summed E-state index contributed by atoms with van der Waals surface area (Å²) < 4.78 is 4.72. The van der Waals surface area contributed by atoms with Gasteiger partial charge in [0.05, 0.1) is 13.2 Å². The third-order valence-electron chi connectivity index (χ3n) is 3.17. The molecular formula is C12H24N2O3. The molecule has 0 heterocycles. The van der Waals surface area contributed by atoms with Crippen molar-refractivity contribution >= 4 is 11.9 Å². The Morgan fingerprint density at radius 2 is 1.71 bits per heavy atom. The lowest BCUT2D eigenvalue weighted by atomic mass is 9.87. The quantitative estimate of drug-likeness (QED) is 0.697. The molecule has 0 saturated heterocycles. The van der Waals surface area contributed by atoms with Crippen LogP contribution in [0.1, 0.15) is 34.6 Å². The van der Waals surface area contributed by atoms with Gasteiger partial charge in [-0.15, -0.1) is 0 Å². The molecule has 0 aromatic rings. The lowest BCUT2D eigenvalue weighted by Gasteiger charge is -2.33. The number of rotatable bonds is 5. The smallest absolute Gasteiger partial charge is 0.331 e. The SMILES string of the molecule is COC(=O)[C@@](C)(NC(=O)C(N)C(C)C)C(C)C. The topological polar surface area (TPSA) is 81.4 Å². The van der Waals surface area contributed by atoms with Crippen LogP contribution >= 0.6 is 0 Å². The van der Waals surface area contributed by atoms with Crippen LogP contribution in [0.5, 0.6) is 0 Å². The van der Waals surface area contributed by atoms with Gasteiger partial charge in [-0.25, -0.2) is 4.79 Å². The van der Waals surface area contributed by atoms with Gasteiger partial charge in [0.2, 0.25) is 5.91 Å². The summed E-state index contributed by atoms with van der Waals surface area (Å²) in [5.41, 5.74) is 4.70. The number of nitrogens with two attached hydrogens (primary N) is 1. The van der Waals surface area contributed by atoms with Gasteiger partial charge in [-0.1, -0.05) is 27.7 Å². The first kappa shape index (κ1) is 15.9. The zero-order valence-corrected chi connectivity index (χ0v) is 11.5. The minimum Gasteiger partial charge on any atom is -0.467 e. The predicted octanol–water partition coefficient (Wildman–Crippen LogP) is 0.674. The van der Waals surface area contributed by atoms with E-state index >= 15 is 0 Å². The molecule has 0 aliphatic heterocycles. The Bertz CT molecular complexity index is 289. The van der Waals surface area contributed by atoms with Crippen LogP contribution in [0.2, 0.25) is 0 Å². The Kier molecular flexibility index (Phi) is 5.61. The Hall–Kier alpha value is -1.10. The summed E-state index contributed by atoms with van der Waals surface area (Å²) in [4.78, 5) is 23.6. The van der Waals surface area contributed by atoms with Crippen LogP contribution < -0.4 is 11.1 Å². The van der Waals surface area contributed by atoms with Crippen LogP contribution in [-0.4, -0.2) is 30.6 Å². The summed E-state index contributed by atoms with van der Waals surface area (Å²) in [7, 11) is 1.30. The molecule has 0 bridgehead atoms. The third-order valence-corrected chi connectivity index (χ3v) is 3.17. The van der Waals surface area contributed by atoms with Crippen LogP contribution in [0.15, 0.2) is 0 Å². The third kappa shape index (κ3) is 3.70. The molecular weight excluding hydrogens is 220 g/mol. The Morgan fingerprint density at radius 3 is 2.00 bits per heavy atom. The predicted molar refractivity (Wildman–Crippen MR) is 66.2 cm³/mol. The number of hydrogen-bond acceptors (Lipinski definition) is 4. The molecule has 0 aliphatic rings. The van der Waals surface area contributed by atoms with E-state index in [1.165, 1.54) is 7.11 Å². The number of methoxy groups -OCH3 is 1. The maximum absolute atomic E-state index is 11.9. The summed E-state index contributed by atoms with van der Waals surface area (Å²) in [6.45, 7) is 9.05. The average Bonchev–Trinajstić information content (AvgIpc) is 2.25. The van der Waals surface area contributed by atoms with Gasteiger partial charge in [-0.2, -0.15) is 0 Å². The zero-order valence-electron chi connectivity index (χ0n) is 11.5. The van der Waals surface area contributed by atoms with E-state index in [1.807, 2.05) is 27.7 Å². The molecule has 0 aliphatic carbocycles. The van der Waals surface area contributed by atoms with E-state index < -0.39 is 17.6 Å². The van der Waals surface area contributed by atoms with Crippen molar-refractivity contribution < 1.29 is 14.3 Å². The normalized spacial score (nSPS) is 16.5. The largest absolute Gasteiger partial charge is 0.467 e. The summed E-state index contributed by atoms with van der Waals surface area (Å²) >= 11 is 0. The van der Waals surface area contributed by atoms with E-state index in [1.54, 1.807) is 6.92 Å². The van der Waals surface area contributed by atoms with E-state index in [0.717, 1.165) is 0 Å². The monoisotopic (exact) mass is 244 g/mol. The summed E-state index contributed by atoms with van der Waals surface area (Å²) in [5.74, 6) is -0.860. The molecule has 0 aromatic heterocycles. The maximum atomic E-state index is 11.9. The van der Waals surface area contributed by atoms with Crippen molar-refractivity contribution in [1.82, 2.24) is 5.32 Å². The summed E-state index contributed by atoms with van der Waals surface area (Å²) in [6, 6.07) is -0.627. The van der Waals surface area contributed by atoms with Gasteiger partial charge in [-0.3, -0.25) is 4.79 Å². The number of carbonyl (C=O) groups excluding carboxylic acids is 2. The lowest BCUT2D eigenvalue weighted by Crippen LogP contribution is -2.60. The minimum atomic E-state index is -1.04. The average molecular weight is 244 g/mol. The molecule has 1 amide bonds. The number of carbonyl (C=O) groups is 2. The number of ether oxygens (including phenoxy) is 1. The van der Waals surface area contributed by atoms with Crippen LogP contribution in [-0.2, 0) is 14.3 Å². The van der Waals surface area contributed by atoms with Crippen molar-refractivity contribution in [2.75, 3.05) is 7.11 Å². The van der Waals surface area contributed by atoms with E-state index in [4.69, 9.17) is 10.5 Å². The van der Waals surface area contributed by atoms with Crippen molar-refractivity contribution in [2.45, 2.75) is 46.2 Å². The fourth-order valence-corrected chi connectivity index (χ4v) is 1.29. The molecule has 0 spiro atoms. The Morgan fingerprint density at radius 1 is 1.24 bits per heavy atom. The van der Waals surface area contributed by atoms with Crippen molar-refractivity contribution in [1.29, 1.82) is 0 Å². The highest BCUT2D eigenvalue weighted by Gasteiger charge is 2.40. The minimum absolute atomic E-state index is 0.0176. The van der Waals surface area contributed by atoms with Crippen LogP contribution in [0, 0.1) is 11.8 Å². The Labute approximate surface area is 103 Å². The second-order valence-electron chi connectivity index (χ2n) is 5.11. The second-order valence-corrected chi connectivity index (χ2v) is 5.11. The van der Waals surface area contributed by atoms with Crippen molar-refractivity contribution in [3.8, 4) is 0 Å².